The minimum Gasteiger partial charge on any atom is -0.370 e. The first-order chi connectivity index (χ1) is 7.76. The van der Waals surface area contributed by atoms with Crippen molar-refractivity contribution >= 4 is 11.8 Å². The van der Waals surface area contributed by atoms with Gasteiger partial charge in [-0.15, -0.1) is 0 Å². The predicted molar refractivity (Wildman–Crippen MR) is 64.1 cm³/mol. The average Bonchev–Trinajstić information content (AvgIpc) is 2.74. The Kier molecular flexibility index (Phi) is 6.44. The van der Waals surface area contributed by atoms with Crippen LogP contribution >= 0.6 is 11.8 Å². The Morgan fingerprint density at radius 2 is 2.38 bits per heavy atom. The highest BCUT2D eigenvalue weighted by Gasteiger charge is 2.08. The van der Waals surface area contributed by atoms with E-state index in [0.717, 1.165) is 18.0 Å². The van der Waals surface area contributed by atoms with Crippen molar-refractivity contribution in [1.82, 2.24) is 10.1 Å². The summed E-state index contributed by atoms with van der Waals surface area (Å²) in [5.74, 6) is 2.04. The van der Waals surface area contributed by atoms with Crippen molar-refractivity contribution in [2.45, 2.75) is 37.9 Å². The normalized spacial score (nSPS) is 12.9. The lowest BCUT2D eigenvalue weighted by molar-refractivity contribution is 0.104. The van der Waals surface area contributed by atoms with E-state index in [4.69, 9.17) is 15.0 Å². The fraction of sp³-hybridized carbons (Fsp3) is 0.800. The van der Waals surface area contributed by atoms with Gasteiger partial charge in [-0.3, -0.25) is 0 Å². The van der Waals surface area contributed by atoms with E-state index in [1.165, 1.54) is 0 Å². The van der Waals surface area contributed by atoms with Gasteiger partial charge >= 0.3 is 0 Å². The van der Waals surface area contributed by atoms with E-state index in [1.807, 2.05) is 11.8 Å². The van der Waals surface area contributed by atoms with Crippen LogP contribution in [0.4, 0.5) is 0 Å². The minimum atomic E-state index is 0.345. The number of nitrogens with zero attached hydrogens (tertiary/aromatic N) is 2. The molecule has 1 aromatic rings. The highest BCUT2D eigenvalue weighted by atomic mass is 32.2. The first kappa shape index (κ1) is 13.5. The molecule has 1 unspecified atom stereocenters. The second-order valence-electron chi connectivity index (χ2n) is 3.48. The number of hydrogen-bond acceptors (Lipinski definition) is 6. The van der Waals surface area contributed by atoms with Crippen molar-refractivity contribution in [3.05, 3.63) is 11.7 Å². The van der Waals surface area contributed by atoms with Gasteiger partial charge in [-0.1, -0.05) is 19.0 Å². The van der Waals surface area contributed by atoms with E-state index in [2.05, 4.69) is 24.0 Å². The molecule has 2 N–H and O–H groups in total. The first-order valence-corrected chi connectivity index (χ1v) is 6.52. The summed E-state index contributed by atoms with van der Waals surface area (Å²) in [5, 5.41) is 4.50. The molecule has 0 aliphatic heterocycles. The molecule has 0 spiro atoms. The number of hydrogen-bond donors (Lipinski definition) is 1. The molecule has 1 heterocycles. The molecule has 6 heteroatoms. The highest BCUT2D eigenvalue weighted by Crippen LogP contribution is 2.17. The Labute approximate surface area is 100 Å². The summed E-state index contributed by atoms with van der Waals surface area (Å²) in [6.45, 7) is 5.72. The molecule has 16 heavy (non-hydrogen) atoms. The van der Waals surface area contributed by atoms with Gasteiger partial charge in [0, 0.05) is 11.8 Å². The van der Waals surface area contributed by atoms with Crippen LogP contribution in [0.2, 0.25) is 0 Å². The zero-order chi connectivity index (χ0) is 11.8. The fourth-order valence-electron chi connectivity index (χ4n) is 0.985. The van der Waals surface area contributed by atoms with Crippen molar-refractivity contribution in [2.24, 2.45) is 5.73 Å². The largest absolute Gasteiger partial charge is 0.370 e. The monoisotopic (exact) mass is 245 g/mol. The SMILES string of the molecule is CCC(C)SCc1noc(COCCN)n1. The summed E-state index contributed by atoms with van der Waals surface area (Å²) in [7, 11) is 0. The third-order valence-electron chi connectivity index (χ3n) is 2.07. The molecular formula is C10H19N3O2S. The van der Waals surface area contributed by atoms with E-state index in [9.17, 15) is 0 Å². The third-order valence-corrected chi connectivity index (χ3v) is 3.40. The molecule has 0 amide bonds. The van der Waals surface area contributed by atoms with Gasteiger partial charge in [0.25, 0.3) is 5.89 Å². The van der Waals surface area contributed by atoms with Crippen LogP contribution in [0.1, 0.15) is 32.0 Å². The molecule has 0 aliphatic rings. The van der Waals surface area contributed by atoms with Gasteiger partial charge in [0.2, 0.25) is 0 Å². The number of nitrogens with two attached hydrogens (primary N) is 1. The highest BCUT2D eigenvalue weighted by molar-refractivity contribution is 7.99. The number of thioether (sulfide) groups is 1. The van der Waals surface area contributed by atoms with Crippen LogP contribution in [-0.2, 0) is 17.1 Å². The molecule has 1 rings (SSSR count). The van der Waals surface area contributed by atoms with Crippen LogP contribution in [0.3, 0.4) is 0 Å². The lowest BCUT2D eigenvalue weighted by atomic mass is 10.4. The summed E-state index contributed by atoms with van der Waals surface area (Å²) < 4.78 is 10.2. The maximum Gasteiger partial charge on any atom is 0.252 e. The van der Waals surface area contributed by atoms with E-state index in [-0.39, 0.29) is 0 Å². The lowest BCUT2D eigenvalue weighted by Crippen LogP contribution is -2.08. The second kappa shape index (κ2) is 7.65. The Balaban J connectivity index is 2.28. The van der Waals surface area contributed by atoms with E-state index in [0.29, 0.717) is 30.9 Å². The molecule has 0 aromatic carbocycles. The topological polar surface area (TPSA) is 74.2 Å². The number of ether oxygens (including phenoxy) is 1. The van der Waals surface area contributed by atoms with Crippen molar-refractivity contribution in [2.75, 3.05) is 13.2 Å². The summed E-state index contributed by atoms with van der Waals surface area (Å²) in [6.07, 6.45) is 1.15. The smallest absolute Gasteiger partial charge is 0.252 e. The summed E-state index contributed by atoms with van der Waals surface area (Å²) in [5.41, 5.74) is 5.30. The average molecular weight is 245 g/mol. The summed E-state index contributed by atoms with van der Waals surface area (Å²) in [4.78, 5) is 4.22. The molecule has 0 fully saturated rings. The Bertz CT molecular complexity index is 293. The van der Waals surface area contributed by atoms with Crippen molar-refractivity contribution in [3.8, 4) is 0 Å². The van der Waals surface area contributed by atoms with Crippen molar-refractivity contribution in [1.29, 1.82) is 0 Å². The summed E-state index contributed by atoms with van der Waals surface area (Å²) in [6, 6.07) is 0. The molecule has 0 aliphatic carbocycles. The molecule has 5 nitrogen and oxygen atoms in total. The van der Waals surface area contributed by atoms with Crippen LogP contribution in [0.25, 0.3) is 0 Å². The molecule has 1 aromatic heterocycles. The first-order valence-electron chi connectivity index (χ1n) is 5.47. The van der Waals surface area contributed by atoms with Crippen LogP contribution in [-0.4, -0.2) is 28.5 Å². The van der Waals surface area contributed by atoms with Gasteiger partial charge < -0.3 is 15.0 Å². The van der Waals surface area contributed by atoms with E-state index < -0.39 is 0 Å². The third kappa shape index (κ3) is 4.96. The Morgan fingerprint density at radius 3 is 3.06 bits per heavy atom. The second-order valence-corrected chi connectivity index (χ2v) is 4.90. The minimum absolute atomic E-state index is 0.345. The van der Waals surface area contributed by atoms with Gasteiger partial charge in [-0.25, -0.2) is 0 Å². The van der Waals surface area contributed by atoms with Gasteiger partial charge in [0.1, 0.15) is 6.61 Å². The molecule has 0 radical (unpaired) electrons. The Morgan fingerprint density at radius 1 is 1.56 bits per heavy atom. The van der Waals surface area contributed by atoms with E-state index >= 15 is 0 Å². The molecular weight excluding hydrogens is 226 g/mol. The molecule has 0 bridgehead atoms. The zero-order valence-corrected chi connectivity index (χ0v) is 10.6. The van der Waals surface area contributed by atoms with Crippen molar-refractivity contribution in [3.63, 3.8) is 0 Å². The standard InChI is InChI=1S/C10H19N3O2S/c1-3-8(2)16-7-9-12-10(15-13-9)6-14-5-4-11/h8H,3-7,11H2,1-2H3. The van der Waals surface area contributed by atoms with Crippen LogP contribution in [0.15, 0.2) is 4.52 Å². The fourth-order valence-corrected chi connectivity index (χ4v) is 1.77. The number of aromatic nitrogens is 2. The Hall–Kier alpha value is -0.590. The molecule has 92 valence electrons. The van der Waals surface area contributed by atoms with Gasteiger partial charge in [-0.2, -0.15) is 16.7 Å². The van der Waals surface area contributed by atoms with Crippen LogP contribution in [0, 0.1) is 0 Å². The van der Waals surface area contributed by atoms with Gasteiger partial charge in [0.15, 0.2) is 5.82 Å². The van der Waals surface area contributed by atoms with Gasteiger partial charge in [0.05, 0.1) is 12.4 Å². The number of rotatable bonds is 8. The molecule has 1 atom stereocenters. The quantitative estimate of drug-likeness (QED) is 0.701. The van der Waals surface area contributed by atoms with Gasteiger partial charge in [-0.05, 0) is 6.42 Å². The maximum atomic E-state index is 5.30. The van der Waals surface area contributed by atoms with Crippen LogP contribution in [0.5, 0.6) is 0 Å². The van der Waals surface area contributed by atoms with E-state index in [1.54, 1.807) is 0 Å². The summed E-state index contributed by atoms with van der Waals surface area (Å²) >= 11 is 1.83. The zero-order valence-electron chi connectivity index (χ0n) is 9.81. The predicted octanol–water partition coefficient (Wildman–Crippen LogP) is 1.58. The lowest BCUT2D eigenvalue weighted by Gasteiger charge is -2.04. The molecule has 0 saturated heterocycles. The maximum absolute atomic E-state index is 5.30. The molecule has 0 saturated carbocycles. The van der Waals surface area contributed by atoms with Crippen molar-refractivity contribution < 1.29 is 9.26 Å². The van der Waals surface area contributed by atoms with Crippen LogP contribution < -0.4 is 5.73 Å².